The van der Waals surface area contributed by atoms with E-state index in [0.29, 0.717) is 25.2 Å². The van der Waals surface area contributed by atoms with Crippen molar-refractivity contribution in [2.24, 2.45) is 5.73 Å². The van der Waals surface area contributed by atoms with Crippen LogP contribution in [0.2, 0.25) is 6.32 Å². The number of carboxylic acids is 1. The van der Waals surface area contributed by atoms with Gasteiger partial charge in [-0.3, -0.25) is 4.79 Å². The molecule has 0 amide bonds. The minimum Gasteiger partial charge on any atom is -0.480 e. The summed E-state index contributed by atoms with van der Waals surface area (Å²) in [6.45, 7) is 4.07. The normalized spacial score (nSPS) is 23.4. The fraction of sp³-hybridized carbons (Fsp3) is 0.929. The van der Waals surface area contributed by atoms with Crippen molar-refractivity contribution in [1.82, 2.24) is 4.90 Å². The van der Waals surface area contributed by atoms with Crippen molar-refractivity contribution in [3.63, 3.8) is 0 Å². The van der Waals surface area contributed by atoms with Crippen LogP contribution in [0, 0.1) is 0 Å². The number of likely N-dealkylation sites (tertiary alicyclic amines) is 1. The Hall–Kier alpha value is -0.545. The van der Waals surface area contributed by atoms with Crippen LogP contribution in [0.25, 0.3) is 0 Å². The first-order valence-corrected chi connectivity index (χ1v) is 7.50. The lowest BCUT2D eigenvalue weighted by Gasteiger charge is -2.30. The van der Waals surface area contributed by atoms with E-state index in [0.717, 1.165) is 32.4 Å². The van der Waals surface area contributed by atoms with E-state index in [-0.39, 0.29) is 0 Å². The molecule has 3 N–H and O–H groups in total. The van der Waals surface area contributed by atoms with Crippen molar-refractivity contribution in [3.8, 4) is 0 Å². The van der Waals surface area contributed by atoms with Gasteiger partial charge in [0.05, 0.1) is 7.85 Å². The van der Waals surface area contributed by atoms with Crippen LogP contribution < -0.4 is 5.73 Å². The molecule has 2 atom stereocenters. The maximum atomic E-state index is 11.4. The van der Waals surface area contributed by atoms with Crippen LogP contribution in [-0.2, 0) is 4.79 Å². The second kappa shape index (κ2) is 7.90. The molecular weight excluding hydrogens is 239 g/mol. The fourth-order valence-electron chi connectivity index (χ4n) is 2.92. The van der Waals surface area contributed by atoms with Gasteiger partial charge in [-0.1, -0.05) is 26.1 Å². The van der Waals surface area contributed by atoms with Gasteiger partial charge in [0.1, 0.15) is 5.54 Å². The Morgan fingerprint density at radius 1 is 1.47 bits per heavy atom. The molecule has 0 aromatic rings. The topological polar surface area (TPSA) is 66.6 Å². The highest BCUT2D eigenvalue weighted by atomic mass is 16.4. The van der Waals surface area contributed by atoms with Crippen LogP contribution in [-0.4, -0.2) is 48.5 Å². The number of carboxylic acid groups (broad SMARTS) is 1. The van der Waals surface area contributed by atoms with Crippen molar-refractivity contribution < 1.29 is 9.90 Å². The van der Waals surface area contributed by atoms with Crippen molar-refractivity contribution in [3.05, 3.63) is 0 Å². The molecule has 4 nitrogen and oxygen atoms in total. The van der Waals surface area contributed by atoms with E-state index in [1.807, 2.05) is 0 Å². The van der Waals surface area contributed by atoms with Crippen LogP contribution >= 0.6 is 0 Å². The lowest BCUT2D eigenvalue weighted by molar-refractivity contribution is -0.144. The number of aliphatic carboxylic acids is 1. The third kappa shape index (κ3) is 4.81. The Balaban J connectivity index is 2.46. The first-order chi connectivity index (χ1) is 9.03. The maximum absolute atomic E-state index is 11.4. The van der Waals surface area contributed by atoms with E-state index >= 15 is 0 Å². The van der Waals surface area contributed by atoms with Gasteiger partial charge >= 0.3 is 5.97 Å². The van der Waals surface area contributed by atoms with Gasteiger partial charge in [-0.15, -0.1) is 0 Å². The Kier molecular flexibility index (Phi) is 6.87. The molecule has 0 aromatic heterocycles. The van der Waals surface area contributed by atoms with Crippen LogP contribution in [0.4, 0.5) is 0 Å². The molecule has 1 rings (SSSR count). The zero-order valence-corrected chi connectivity index (χ0v) is 12.1. The highest BCUT2D eigenvalue weighted by Gasteiger charge is 2.34. The molecule has 1 aliphatic heterocycles. The molecular formula is C14H27BN2O2. The molecule has 1 aliphatic rings. The zero-order chi connectivity index (χ0) is 14.3. The minimum absolute atomic E-state index is 0.518. The molecule has 2 radical (unpaired) electrons. The van der Waals surface area contributed by atoms with Crippen molar-refractivity contribution in [1.29, 1.82) is 0 Å². The fourth-order valence-corrected chi connectivity index (χ4v) is 2.92. The van der Waals surface area contributed by atoms with Gasteiger partial charge in [0.25, 0.3) is 0 Å². The summed E-state index contributed by atoms with van der Waals surface area (Å²) in [5.41, 5.74) is 4.99. The lowest BCUT2D eigenvalue weighted by Crippen LogP contribution is -2.50. The molecule has 5 heteroatoms. The van der Waals surface area contributed by atoms with Crippen molar-refractivity contribution in [2.75, 3.05) is 13.1 Å². The Morgan fingerprint density at radius 3 is 2.79 bits per heavy atom. The van der Waals surface area contributed by atoms with Gasteiger partial charge in [-0.05, 0) is 38.6 Å². The number of nitrogens with two attached hydrogens (primary N) is 1. The number of hydrogen-bond acceptors (Lipinski definition) is 3. The summed E-state index contributed by atoms with van der Waals surface area (Å²) in [7, 11) is 5.45. The molecule has 108 valence electrons. The van der Waals surface area contributed by atoms with Crippen LogP contribution in [0.1, 0.15) is 51.9 Å². The van der Waals surface area contributed by atoms with E-state index in [1.165, 1.54) is 12.8 Å². The first-order valence-electron chi connectivity index (χ1n) is 7.50. The van der Waals surface area contributed by atoms with Gasteiger partial charge in [-0.25, -0.2) is 0 Å². The summed E-state index contributed by atoms with van der Waals surface area (Å²) in [6.07, 6.45) is 6.86. The third-order valence-corrected chi connectivity index (χ3v) is 4.32. The molecule has 1 heterocycles. The zero-order valence-electron chi connectivity index (χ0n) is 12.1. The Bertz CT molecular complexity index is 289. The number of nitrogens with zero attached hydrogens (tertiary/aromatic N) is 1. The highest BCUT2D eigenvalue weighted by molar-refractivity contribution is 6.08. The van der Waals surface area contributed by atoms with Gasteiger partial charge in [0, 0.05) is 12.6 Å². The standard InChI is InChI=1S/C14H27BN2O2/c1-2-12-6-5-10-17(12)11-8-14(16,13(18)19)7-3-4-9-15/h12H,2-11,16H2,1H3,(H,18,19)/t12?,14-/m1/s1. The molecule has 1 unspecified atom stereocenters. The second-order valence-electron chi connectivity index (χ2n) is 5.70. The maximum Gasteiger partial charge on any atom is 0.323 e. The van der Waals surface area contributed by atoms with E-state index in [2.05, 4.69) is 11.8 Å². The summed E-state index contributed by atoms with van der Waals surface area (Å²) in [4.78, 5) is 13.8. The Morgan fingerprint density at radius 2 is 2.21 bits per heavy atom. The second-order valence-corrected chi connectivity index (χ2v) is 5.70. The minimum atomic E-state index is -1.09. The molecule has 19 heavy (non-hydrogen) atoms. The monoisotopic (exact) mass is 266 g/mol. The molecule has 0 spiro atoms. The summed E-state index contributed by atoms with van der Waals surface area (Å²) >= 11 is 0. The SMILES string of the molecule is [B]CCCC[C@@](N)(CCN1CCCC1CC)C(=O)O. The molecule has 0 saturated carbocycles. The third-order valence-electron chi connectivity index (χ3n) is 4.32. The number of unbranched alkanes of at least 4 members (excludes halogenated alkanes) is 1. The summed E-state index contributed by atoms with van der Waals surface area (Å²) in [5, 5.41) is 9.35. The predicted octanol–water partition coefficient (Wildman–Crippen LogP) is 1.79. The van der Waals surface area contributed by atoms with Gasteiger partial charge in [0.15, 0.2) is 0 Å². The van der Waals surface area contributed by atoms with Crippen molar-refractivity contribution >= 4 is 13.8 Å². The quantitative estimate of drug-likeness (QED) is 0.493. The van der Waals surface area contributed by atoms with E-state index in [1.54, 1.807) is 0 Å². The number of carbonyl (C=O) groups is 1. The molecule has 0 aromatic carbocycles. The van der Waals surface area contributed by atoms with E-state index in [9.17, 15) is 9.90 Å². The van der Waals surface area contributed by atoms with Gasteiger partial charge in [0.2, 0.25) is 0 Å². The van der Waals surface area contributed by atoms with Gasteiger partial charge in [-0.2, -0.15) is 0 Å². The smallest absolute Gasteiger partial charge is 0.323 e. The summed E-state index contributed by atoms with van der Waals surface area (Å²) in [6, 6.07) is 0.613. The van der Waals surface area contributed by atoms with Crippen molar-refractivity contribution in [2.45, 2.75) is 69.8 Å². The van der Waals surface area contributed by atoms with Gasteiger partial charge < -0.3 is 15.7 Å². The average Bonchev–Trinajstić information content (AvgIpc) is 2.84. The molecule has 0 bridgehead atoms. The number of hydrogen-bond donors (Lipinski definition) is 2. The number of rotatable bonds is 9. The highest BCUT2D eigenvalue weighted by Crippen LogP contribution is 2.23. The van der Waals surface area contributed by atoms with E-state index in [4.69, 9.17) is 13.6 Å². The lowest BCUT2D eigenvalue weighted by atomic mass is 9.88. The van der Waals surface area contributed by atoms with Crippen LogP contribution in [0.3, 0.4) is 0 Å². The summed E-state index contributed by atoms with van der Waals surface area (Å²) in [5.74, 6) is -0.878. The first kappa shape index (κ1) is 16.5. The summed E-state index contributed by atoms with van der Waals surface area (Å²) < 4.78 is 0. The largest absolute Gasteiger partial charge is 0.480 e. The molecule has 0 aliphatic carbocycles. The predicted molar refractivity (Wildman–Crippen MR) is 78.5 cm³/mol. The van der Waals surface area contributed by atoms with Crippen LogP contribution in [0.5, 0.6) is 0 Å². The molecule has 1 fully saturated rings. The Labute approximate surface area is 118 Å². The van der Waals surface area contributed by atoms with Crippen LogP contribution in [0.15, 0.2) is 0 Å². The average molecular weight is 266 g/mol. The van der Waals surface area contributed by atoms with E-state index < -0.39 is 11.5 Å². The molecule has 1 saturated heterocycles.